The Labute approximate surface area is 111 Å². The highest BCUT2D eigenvalue weighted by molar-refractivity contribution is 9.10. The molecule has 1 amide bonds. The summed E-state index contributed by atoms with van der Waals surface area (Å²) in [6.45, 7) is 6.18. The van der Waals surface area contributed by atoms with Crippen LogP contribution in [0.3, 0.4) is 0 Å². The standard InChI is InChI=1S/C13H19BrN2O/c1-4-13(3,5-2)16-12(17)9-6-10(14)8-11(15)7-9/h6-8H,4-5,15H2,1-3H3,(H,16,17). The minimum Gasteiger partial charge on any atom is -0.399 e. The van der Waals surface area contributed by atoms with Crippen LogP contribution in [0.5, 0.6) is 0 Å². The molecular formula is C13H19BrN2O. The van der Waals surface area contributed by atoms with E-state index in [0.29, 0.717) is 11.3 Å². The molecule has 0 heterocycles. The van der Waals surface area contributed by atoms with Crippen LogP contribution in [-0.4, -0.2) is 11.4 Å². The first-order chi connectivity index (χ1) is 7.90. The van der Waals surface area contributed by atoms with E-state index in [1.54, 1.807) is 18.2 Å². The molecule has 0 unspecified atom stereocenters. The average Bonchev–Trinajstić information content (AvgIpc) is 2.27. The van der Waals surface area contributed by atoms with E-state index in [2.05, 4.69) is 35.1 Å². The van der Waals surface area contributed by atoms with Crippen LogP contribution in [0, 0.1) is 0 Å². The van der Waals surface area contributed by atoms with Crippen LogP contribution < -0.4 is 11.1 Å². The van der Waals surface area contributed by atoms with Gasteiger partial charge in [0.2, 0.25) is 0 Å². The number of nitrogen functional groups attached to an aromatic ring is 1. The number of hydrogen-bond acceptors (Lipinski definition) is 2. The molecular weight excluding hydrogens is 280 g/mol. The van der Waals surface area contributed by atoms with Crippen molar-refractivity contribution in [3.8, 4) is 0 Å². The second-order valence-corrected chi connectivity index (χ2v) is 5.41. The molecule has 3 N–H and O–H groups in total. The maximum absolute atomic E-state index is 12.1. The van der Waals surface area contributed by atoms with Gasteiger partial charge in [0, 0.05) is 21.3 Å². The summed E-state index contributed by atoms with van der Waals surface area (Å²) >= 11 is 3.34. The third kappa shape index (κ3) is 3.73. The molecule has 0 aliphatic carbocycles. The Morgan fingerprint density at radius 1 is 1.35 bits per heavy atom. The zero-order chi connectivity index (χ0) is 13.1. The molecule has 0 radical (unpaired) electrons. The lowest BCUT2D eigenvalue weighted by Crippen LogP contribution is -2.44. The molecule has 1 aromatic rings. The molecule has 0 aliphatic heterocycles. The number of nitrogens with two attached hydrogens (primary N) is 1. The highest BCUT2D eigenvalue weighted by Crippen LogP contribution is 2.19. The maximum atomic E-state index is 12.1. The van der Waals surface area contributed by atoms with Crippen LogP contribution >= 0.6 is 15.9 Å². The highest BCUT2D eigenvalue weighted by Gasteiger charge is 2.22. The first-order valence-corrected chi connectivity index (χ1v) is 6.58. The number of rotatable bonds is 4. The number of halogens is 1. The Morgan fingerprint density at radius 2 is 1.94 bits per heavy atom. The summed E-state index contributed by atoms with van der Waals surface area (Å²) in [5, 5.41) is 3.05. The van der Waals surface area contributed by atoms with Gasteiger partial charge < -0.3 is 11.1 Å². The molecule has 0 spiro atoms. The van der Waals surface area contributed by atoms with Crippen molar-refractivity contribution in [3.05, 3.63) is 28.2 Å². The number of benzene rings is 1. The molecule has 0 bridgehead atoms. The highest BCUT2D eigenvalue weighted by atomic mass is 79.9. The minimum absolute atomic E-state index is 0.0794. The lowest BCUT2D eigenvalue weighted by atomic mass is 9.95. The third-order valence-corrected chi connectivity index (χ3v) is 3.62. The summed E-state index contributed by atoms with van der Waals surface area (Å²) in [7, 11) is 0. The number of carbonyl (C=O) groups excluding carboxylic acids is 1. The summed E-state index contributed by atoms with van der Waals surface area (Å²) in [5.41, 5.74) is 6.73. The van der Waals surface area contributed by atoms with Crippen molar-refractivity contribution in [2.45, 2.75) is 39.2 Å². The first kappa shape index (κ1) is 14.0. The lowest BCUT2D eigenvalue weighted by molar-refractivity contribution is 0.0901. The molecule has 0 aliphatic rings. The smallest absolute Gasteiger partial charge is 0.251 e. The van der Waals surface area contributed by atoms with E-state index in [-0.39, 0.29) is 11.4 Å². The SMILES string of the molecule is CCC(C)(CC)NC(=O)c1cc(N)cc(Br)c1. The lowest BCUT2D eigenvalue weighted by Gasteiger charge is -2.28. The Kier molecular flexibility index (Phi) is 4.57. The quantitative estimate of drug-likeness (QED) is 0.838. The Bertz CT molecular complexity index is 394. The van der Waals surface area contributed by atoms with Gasteiger partial charge in [0.25, 0.3) is 5.91 Å². The van der Waals surface area contributed by atoms with Crippen LogP contribution in [0.1, 0.15) is 44.0 Å². The summed E-state index contributed by atoms with van der Waals surface area (Å²) in [6.07, 6.45) is 1.80. The van der Waals surface area contributed by atoms with Crippen LogP contribution in [0.15, 0.2) is 22.7 Å². The molecule has 0 saturated carbocycles. The molecule has 1 rings (SSSR count). The second kappa shape index (κ2) is 5.54. The molecule has 4 heteroatoms. The van der Waals surface area contributed by atoms with Crippen LogP contribution in [0.4, 0.5) is 5.69 Å². The van der Waals surface area contributed by atoms with Gasteiger partial charge in [-0.25, -0.2) is 0 Å². The fourth-order valence-corrected chi connectivity index (χ4v) is 2.03. The number of hydrogen-bond donors (Lipinski definition) is 2. The van der Waals surface area contributed by atoms with E-state index in [0.717, 1.165) is 17.3 Å². The normalized spacial score (nSPS) is 11.3. The number of amides is 1. The average molecular weight is 299 g/mol. The fraction of sp³-hybridized carbons (Fsp3) is 0.462. The fourth-order valence-electron chi connectivity index (χ4n) is 1.52. The van der Waals surface area contributed by atoms with Gasteiger partial charge in [-0.15, -0.1) is 0 Å². The monoisotopic (exact) mass is 298 g/mol. The van der Waals surface area contributed by atoms with Gasteiger partial charge in [-0.2, -0.15) is 0 Å². The van der Waals surface area contributed by atoms with Crippen molar-refractivity contribution in [2.24, 2.45) is 0 Å². The zero-order valence-corrected chi connectivity index (χ0v) is 12.1. The molecule has 17 heavy (non-hydrogen) atoms. The third-order valence-electron chi connectivity index (χ3n) is 3.16. The van der Waals surface area contributed by atoms with Crippen molar-refractivity contribution in [1.29, 1.82) is 0 Å². The van der Waals surface area contributed by atoms with Crippen molar-refractivity contribution in [3.63, 3.8) is 0 Å². The molecule has 3 nitrogen and oxygen atoms in total. The van der Waals surface area contributed by atoms with E-state index < -0.39 is 0 Å². The molecule has 94 valence electrons. The van der Waals surface area contributed by atoms with Gasteiger partial charge in [0.1, 0.15) is 0 Å². The molecule has 0 fully saturated rings. The van der Waals surface area contributed by atoms with E-state index in [4.69, 9.17) is 5.73 Å². The van der Waals surface area contributed by atoms with Crippen molar-refractivity contribution in [1.82, 2.24) is 5.32 Å². The zero-order valence-electron chi connectivity index (χ0n) is 10.5. The van der Waals surface area contributed by atoms with Crippen molar-refractivity contribution >= 4 is 27.5 Å². The van der Waals surface area contributed by atoms with Gasteiger partial charge in [0.15, 0.2) is 0 Å². The molecule has 1 aromatic carbocycles. The molecule has 0 atom stereocenters. The summed E-state index contributed by atoms with van der Waals surface area (Å²) < 4.78 is 0.817. The van der Waals surface area contributed by atoms with Crippen molar-refractivity contribution < 1.29 is 4.79 Å². The second-order valence-electron chi connectivity index (χ2n) is 4.50. The Hall–Kier alpha value is -1.03. The van der Waals surface area contributed by atoms with Gasteiger partial charge in [0.05, 0.1) is 0 Å². The molecule has 0 aromatic heterocycles. The summed E-state index contributed by atoms with van der Waals surface area (Å²) in [4.78, 5) is 12.1. The van der Waals surface area contributed by atoms with E-state index >= 15 is 0 Å². The Balaban J connectivity index is 2.90. The van der Waals surface area contributed by atoms with Gasteiger partial charge >= 0.3 is 0 Å². The van der Waals surface area contributed by atoms with Gasteiger partial charge in [-0.1, -0.05) is 29.8 Å². The number of nitrogens with one attached hydrogen (secondary N) is 1. The summed E-state index contributed by atoms with van der Waals surface area (Å²) in [5.74, 6) is -0.0794. The maximum Gasteiger partial charge on any atom is 0.251 e. The van der Waals surface area contributed by atoms with Crippen LogP contribution in [0.25, 0.3) is 0 Å². The first-order valence-electron chi connectivity index (χ1n) is 5.79. The molecule has 0 saturated heterocycles. The van der Waals surface area contributed by atoms with E-state index in [1.807, 2.05) is 6.92 Å². The predicted octanol–water partition coefficient (Wildman–Crippen LogP) is 3.34. The topological polar surface area (TPSA) is 55.1 Å². The Morgan fingerprint density at radius 3 is 2.41 bits per heavy atom. The summed E-state index contributed by atoms with van der Waals surface area (Å²) in [6, 6.07) is 5.24. The largest absolute Gasteiger partial charge is 0.399 e. The van der Waals surface area contributed by atoms with Gasteiger partial charge in [-0.05, 0) is 38.0 Å². The number of anilines is 1. The van der Waals surface area contributed by atoms with Crippen molar-refractivity contribution in [2.75, 3.05) is 5.73 Å². The minimum atomic E-state index is -0.159. The van der Waals surface area contributed by atoms with Gasteiger partial charge in [-0.3, -0.25) is 4.79 Å². The van der Waals surface area contributed by atoms with Crippen LogP contribution in [-0.2, 0) is 0 Å². The number of carbonyl (C=O) groups is 1. The van der Waals surface area contributed by atoms with E-state index in [1.165, 1.54) is 0 Å². The van der Waals surface area contributed by atoms with E-state index in [9.17, 15) is 4.79 Å². The van der Waals surface area contributed by atoms with Crippen LogP contribution in [0.2, 0.25) is 0 Å². The predicted molar refractivity (Wildman–Crippen MR) is 75.0 cm³/mol.